The molecule has 0 saturated heterocycles. The van der Waals surface area contributed by atoms with Crippen molar-refractivity contribution in [3.63, 3.8) is 0 Å². The first-order valence-corrected chi connectivity index (χ1v) is 7.80. The third-order valence-corrected chi connectivity index (χ3v) is 3.91. The maximum Gasteiger partial charge on any atom is 0.322 e. The van der Waals surface area contributed by atoms with Crippen molar-refractivity contribution < 1.29 is 19.2 Å². The van der Waals surface area contributed by atoms with Crippen LogP contribution in [0.5, 0.6) is 0 Å². The standard InChI is InChI=1S/C13H15N5O5S/c1-4-23-9(19)5-8-6-24-13(14-8)15-12(20)10-11(18(21)22)7(2)17(3)16-10/h6H,4-5H2,1-3H3,(H,14,15,20). The van der Waals surface area contributed by atoms with Gasteiger partial charge in [0, 0.05) is 12.4 Å². The maximum atomic E-state index is 12.2. The molecule has 0 bridgehead atoms. The summed E-state index contributed by atoms with van der Waals surface area (Å²) in [6, 6.07) is 0. The Kier molecular flexibility index (Phi) is 5.24. The van der Waals surface area contributed by atoms with E-state index in [1.807, 2.05) is 0 Å². The van der Waals surface area contributed by atoms with E-state index in [4.69, 9.17) is 4.74 Å². The molecule has 2 aromatic rings. The van der Waals surface area contributed by atoms with Gasteiger partial charge in [0.1, 0.15) is 5.69 Å². The molecular formula is C13H15N5O5S. The van der Waals surface area contributed by atoms with Crippen LogP contribution < -0.4 is 5.32 Å². The molecular weight excluding hydrogens is 338 g/mol. The summed E-state index contributed by atoms with van der Waals surface area (Å²) in [7, 11) is 1.51. The normalized spacial score (nSPS) is 10.5. The molecule has 0 aliphatic heterocycles. The molecule has 1 N–H and O–H groups in total. The van der Waals surface area contributed by atoms with Crippen molar-refractivity contribution in [3.05, 3.63) is 32.6 Å². The zero-order valence-corrected chi connectivity index (χ0v) is 14.0. The highest BCUT2D eigenvalue weighted by Gasteiger charge is 2.29. The molecule has 2 aromatic heterocycles. The average Bonchev–Trinajstić information content (AvgIpc) is 3.04. The lowest BCUT2D eigenvalue weighted by Crippen LogP contribution is -2.14. The number of nitrogens with zero attached hydrogens (tertiary/aromatic N) is 4. The second-order valence-corrected chi connectivity index (χ2v) is 5.60. The predicted octanol–water partition coefficient (Wildman–Crippen LogP) is 1.45. The monoisotopic (exact) mass is 353 g/mol. The highest BCUT2D eigenvalue weighted by Crippen LogP contribution is 2.24. The van der Waals surface area contributed by atoms with Crippen molar-refractivity contribution in [3.8, 4) is 0 Å². The van der Waals surface area contributed by atoms with E-state index in [9.17, 15) is 19.7 Å². The van der Waals surface area contributed by atoms with E-state index >= 15 is 0 Å². The van der Waals surface area contributed by atoms with Crippen LogP contribution in [-0.4, -0.2) is 38.2 Å². The Hall–Kier alpha value is -2.82. The molecule has 2 heterocycles. The highest BCUT2D eigenvalue weighted by atomic mass is 32.1. The van der Waals surface area contributed by atoms with Gasteiger partial charge in [-0.2, -0.15) is 5.10 Å². The molecule has 0 unspecified atom stereocenters. The number of rotatable bonds is 6. The van der Waals surface area contributed by atoms with Crippen LogP contribution in [0.15, 0.2) is 5.38 Å². The SMILES string of the molecule is CCOC(=O)Cc1csc(NC(=O)c2nn(C)c(C)c2[N+](=O)[O-])n1. The van der Waals surface area contributed by atoms with Crippen LogP contribution in [-0.2, 0) is 23.0 Å². The number of nitro groups is 1. The van der Waals surface area contributed by atoms with Gasteiger partial charge < -0.3 is 4.74 Å². The van der Waals surface area contributed by atoms with Gasteiger partial charge >= 0.3 is 11.7 Å². The molecule has 0 aliphatic rings. The fourth-order valence-electron chi connectivity index (χ4n) is 1.93. The van der Waals surface area contributed by atoms with Gasteiger partial charge in [0.15, 0.2) is 5.13 Å². The van der Waals surface area contributed by atoms with Gasteiger partial charge in [0.25, 0.3) is 5.91 Å². The summed E-state index contributed by atoms with van der Waals surface area (Å²) < 4.78 is 6.08. The van der Waals surface area contributed by atoms with Crippen LogP contribution in [0, 0.1) is 17.0 Å². The molecule has 10 nitrogen and oxygen atoms in total. The second kappa shape index (κ2) is 7.17. The number of hydrogen-bond acceptors (Lipinski definition) is 8. The number of aromatic nitrogens is 3. The Morgan fingerprint density at radius 3 is 2.83 bits per heavy atom. The molecule has 1 amide bonds. The van der Waals surface area contributed by atoms with Crippen LogP contribution >= 0.6 is 11.3 Å². The number of carbonyl (C=O) groups excluding carboxylic acids is 2. The minimum absolute atomic E-state index is 0.0109. The minimum Gasteiger partial charge on any atom is -0.466 e. The number of ether oxygens (including phenoxy) is 1. The van der Waals surface area contributed by atoms with Gasteiger partial charge in [-0.3, -0.25) is 29.7 Å². The van der Waals surface area contributed by atoms with Crippen LogP contribution in [0.25, 0.3) is 0 Å². The fraction of sp³-hybridized carbons (Fsp3) is 0.385. The molecule has 2 rings (SSSR count). The van der Waals surface area contributed by atoms with Crippen molar-refractivity contribution in [1.29, 1.82) is 0 Å². The summed E-state index contributed by atoms with van der Waals surface area (Å²) >= 11 is 1.10. The Balaban J connectivity index is 2.14. The number of hydrogen-bond donors (Lipinski definition) is 1. The van der Waals surface area contributed by atoms with Crippen molar-refractivity contribution in [2.24, 2.45) is 7.05 Å². The zero-order chi connectivity index (χ0) is 17.9. The minimum atomic E-state index is -0.734. The number of amides is 1. The van der Waals surface area contributed by atoms with Gasteiger partial charge in [-0.25, -0.2) is 4.98 Å². The molecule has 0 saturated carbocycles. The lowest BCUT2D eigenvalue weighted by molar-refractivity contribution is -0.385. The van der Waals surface area contributed by atoms with Crippen molar-refractivity contribution in [1.82, 2.24) is 14.8 Å². The van der Waals surface area contributed by atoms with E-state index in [1.165, 1.54) is 18.7 Å². The number of esters is 1. The first kappa shape index (κ1) is 17.5. The Bertz CT molecular complexity index is 797. The molecule has 0 aromatic carbocycles. The quantitative estimate of drug-likeness (QED) is 0.472. The highest BCUT2D eigenvalue weighted by molar-refractivity contribution is 7.14. The average molecular weight is 353 g/mol. The van der Waals surface area contributed by atoms with Crippen LogP contribution in [0.1, 0.15) is 28.8 Å². The van der Waals surface area contributed by atoms with E-state index in [1.54, 1.807) is 12.3 Å². The third kappa shape index (κ3) is 3.74. The molecule has 0 aliphatic carbocycles. The lowest BCUT2D eigenvalue weighted by atomic mass is 10.3. The summed E-state index contributed by atoms with van der Waals surface area (Å²) in [4.78, 5) is 38.2. The van der Waals surface area contributed by atoms with Crippen molar-refractivity contribution in [2.45, 2.75) is 20.3 Å². The summed E-state index contributed by atoms with van der Waals surface area (Å²) in [5.74, 6) is -1.15. The van der Waals surface area contributed by atoms with Crippen LogP contribution in [0.4, 0.5) is 10.8 Å². The van der Waals surface area contributed by atoms with E-state index < -0.39 is 16.8 Å². The van der Waals surface area contributed by atoms with E-state index in [0.717, 1.165) is 11.3 Å². The van der Waals surface area contributed by atoms with E-state index in [2.05, 4.69) is 15.4 Å². The summed E-state index contributed by atoms with van der Waals surface area (Å²) in [6.07, 6.45) is -0.0109. The number of anilines is 1. The number of nitrogens with one attached hydrogen (secondary N) is 1. The van der Waals surface area contributed by atoms with Crippen LogP contribution in [0.3, 0.4) is 0 Å². The van der Waals surface area contributed by atoms with Gasteiger partial charge in [-0.1, -0.05) is 0 Å². The van der Waals surface area contributed by atoms with Crippen molar-refractivity contribution in [2.75, 3.05) is 11.9 Å². The lowest BCUT2D eigenvalue weighted by Gasteiger charge is -1.99. The van der Waals surface area contributed by atoms with Gasteiger partial charge in [0.2, 0.25) is 5.69 Å². The largest absolute Gasteiger partial charge is 0.466 e. The molecule has 24 heavy (non-hydrogen) atoms. The maximum absolute atomic E-state index is 12.2. The summed E-state index contributed by atoms with van der Waals surface area (Å²) in [6.45, 7) is 3.48. The molecule has 0 fully saturated rings. The third-order valence-electron chi connectivity index (χ3n) is 3.10. The van der Waals surface area contributed by atoms with Gasteiger partial charge in [-0.15, -0.1) is 11.3 Å². The second-order valence-electron chi connectivity index (χ2n) is 4.74. The summed E-state index contributed by atoms with van der Waals surface area (Å²) in [5.41, 5.74) is 0.0770. The summed E-state index contributed by atoms with van der Waals surface area (Å²) in [5, 5.41) is 19.3. The topological polar surface area (TPSA) is 129 Å². The van der Waals surface area contributed by atoms with E-state index in [-0.39, 0.29) is 35.2 Å². The number of aryl methyl sites for hydroxylation is 1. The number of thiazole rings is 1. The first-order valence-electron chi connectivity index (χ1n) is 6.92. The number of carbonyl (C=O) groups is 2. The smallest absolute Gasteiger partial charge is 0.322 e. The predicted molar refractivity (Wildman–Crippen MR) is 85.0 cm³/mol. The Labute approximate surface area is 140 Å². The molecule has 0 atom stereocenters. The van der Waals surface area contributed by atoms with Crippen molar-refractivity contribution >= 4 is 34.0 Å². The molecule has 11 heteroatoms. The van der Waals surface area contributed by atoms with Gasteiger partial charge in [-0.05, 0) is 13.8 Å². The zero-order valence-electron chi connectivity index (χ0n) is 13.2. The molecule has 128 valence electrons. The Morgan fingerprint density at radius 1 is 1.50 bits per heavy atom. The van der Waals surface area contributed by atoms with Crippen LogP contribution in [0.2, 0.25) is 0 Å². The van der Waals surface area contributed by atoms with E-state index in [0.29, 0.717) is 5.69 Å². The van der Waals surface area contributed by atoms with Gasteiger partial charge in [0.05, 0.1) is 23.6 Å². The molecule has 0 spiro atoms. The molecule has 0 radical (unpaired) electrons. The first-order chi connectivity index (χ1) is 11.3. The fourth-order valence-corrected chi connectivity index (χ4v) is 2.64. The Morgan fingerprint density at radius 2 is 2.21 bits per heavy atom.